The predicted octanol–water partition coefficient (Wildman–Crippen LogP) is 2.27. The lowest BCUT2D eigenvalue weighted by Gasteiger charge is -2.10. The van der Waals surface area contributed by atoms with Gasteiger partial charge in [-0.3, -0.25) is 10.1 Å². The van der Waals surface area contributed by atoms with Crippen LogP contribution < -0.4 is 16.4 Å². The summed E-state index contributed by atoms with van der Waals surface area (Å²) in [6, 6.07) is 16.5. The van der Waals surface area contributed by atoms with Gasteiger partial charge >= 0.3 is 0 Å². The van der Waals surface area contributed by atoms with Crippen molar-refractivity contribution >= 4 is 28.9 Å². The zero-order chi connectivity index (χ0) is 14.4. The summed E-state index contributed by atoms with van der Waals surface area (Å²) in [6.07, 6.45) is 0. The molecule has 0 aliphatic carbocycles. The number of hydrogen-bond donors (Lipinski definition) is 3. The van der Waals surface area contributed by atoms with Gasteiger partial charge in [-0.15, -0.1) is 0 Å². The summed E-state index contributed by atoms with van der Waals surface area (Å²) < 4.78 is 0. The van der Waals surface area contributed by atoms with Crippen LogP contribution >= 0.6 is 12.2 Å². The third-order valence-corrected chi connectivity index (χ3v) is 2.91. The van der Waals surface area contributed by atoms with Gasteiger partial charge in [0.15, 0.2) is 5.11 Å². The van der Waals surface area contributed by atoms with E-state index in [2.05, 4.69) is 10.6 Å². The second kappa shape index (κ2) is 6.79. The molecule has 2 aromatic carbocycles. The summed E-state index contributed by atoms with van der Waals surface area (Å²) in [5.74, 6) is -0.235. The molecule has 2 rings (SSSR count). The summed E-state index contributed by atoms with van der Waals surface area (Å²) in [6.45, 7) is 0.496. The van der Waals surface area contributed by atoms with Crippen LogP contribution in [0, 0.1) is 0 Å². The van der Waals surface area contributed by atoms with Crippen molar-refractivity contribution in [2.45, 2.75) is 6.54 Å². The molecule has 0 unspecified atom stereocenters. The molecule has 1 amide bonds. The van der Waals surface area contributed by atoms with Crippen molar-refractivity contribution in [2.75, 3.05) is 5.32 Å². The first-order valence-electron chi connectivity index (χ1n) is 6.15. The number of carbonyl (C=O) groups excluding carboxylic acids is 1. The molecule has 0 aromatic heterocycles. The molecule has 102 valence electrons. The molecule has 0 fully saturated rings. The van der Waals surface area contributed by atoms with Crippen LogP contribution in [0.3, 0.4) is 0 Å². The highest BCUT2D eigenvalue weighted by Crippen LogP contribution is 2.09. The minimum atomic E-state index is -0.235. The standard InChI is InChI=1S/C15H15N3OS/c16-10-11-6-8-13(9-7-11)17-15(20)18-14(19)12-4-2-1-3-5-12/h1-9H,10,16H2,(H2,17,18,19,20). The molecule has 20 heavy (non-hydrogen) atoms. The van der Waals surface area contributed by atoms with E-state index in [0.29, 0.717) is 12.1 Å². The van der Waals surface area contributed by atoms with E-state index in [4.69, 9.17) is 18.0 Å². The number of thiocarbonyl (C=S) groups is 1. The van der Waals surface area contributed by atoms with E-state index in [1.165, 1.54) is 0 Å². The minimum absolute atomic E-state index is 0.235. The topological polar surface area (TPSA) is 67.2 Å². The first kappa shape index (κ1) is 14.2. The van der Waals surface area contributed by atoms with Gasteiger partial charge in [-0.2, -0.15) is 0 Å². The molecule has 0 heterocycles. The highest BCUT2D eigenvalue weighted by Gasteiger charge is 2.06. The smallest absolute Gasteiger partial charge is 0.257 e. The van der Waals surface area contributed by atoms with Gasteiger partial charge in [-0.1, -0.05) is 30.3 Å². The first-order valence-corrected chi connectivity index (χ1v) is 6.56. The Kier molecular flexibility index (Phi) is 4.81. The fourth-order valence-electron chi connectivity index (χ4n) is 1.65. The molecule has 4 N–H and O–H groups in total. The van der Waals surface area contributed by atoms with Crippen molar-refractivity contribution in [2.24, 2.45) is 5.73 Å². The number of carbonyl (C=O) groups is 1. The normalized spacial score (nSPS) is 9.85. The predicted molar refractivity (Wildman–Crippen MR) is 84.5 cm³/mol. The summed E-state index contributed by atoms with van der Waals surface area (Å²) in [4.78, 5) is 11.9. The molecule has 2 aromatic rings. The van der Waals surface area contributed by atoms with Gasteiger partial charge in [0.2, 0.25) is 0 Å². The van der Waals surface area contributed by atoms with Gasteiger partial charge in [-0.05, 0) is 42.0 Å². The zero-order valence-corrected chi connectivity index (χ0v) is 11.6. The Morgan fingerprint density at radius 1 is 1.05 bits per heavy atom. The number of anilines is 1. The van der Waals surface area contributed by atoms with Crippen LogP contribution in [0.4, 0.5) is 5.69 Å². The van der Waals surface area contributed by atoms with Crippen LogP contribution in [0.1, 0.15) is 15.9 Å². The van der Waals surface area contributed by atoms with Gasteiger partial charge in [-0.25, -0.2) is 0 Å². The lowest BCUT2D eigenvalue weighted by Crippen LogP contribution is -2.34. The fourth-order valence-corrected chi connectivity index (χ4v) is 1.86. The van der Waals surface area contributed by atoms with Crippen molar-refractivity contribution in [3.05, 3.63) is 65.7 Å². The molecule has 5 heteroatoms. The summed E-state index contributed by atoms with van der Waals surface area (Å²) in [5, 5.41) is 5.85. The minimum Gasteiger partial charge on any atom is -0.332 e. The van der Waals surface area contributed by atoms with Gasteiger partial charge in [0, 0.05) is 17.8 Å². The van der Waals surface area contributed by atoms with E-state index in [1.807, 2.05) is 30.3 Å². The molecule has 0 bridgehead atoms. The third kappa shape index (κ3) is 3.88. The van der Waals surface area contributed by atoms with Crippen LogP contribution in [0.2, 0.25) is 0 Å². The lowest BCUT2D eigenvalue weighted by atomic mass is 10.2. The maximum absolute atomic E-state index is 11.9. The average Bonchev–Trinajstić information content (AvgIpc) is 2.49. The zero-order valence-electron chi connectivity index (χ0n) is 10.8. The molecule has 0 aliphatic heterocycles. The number of nitrogens with two attached hydrogens (primary N) is 1. The first-order chi connectivity index (χ1) is 9.69. The highest BCUT2D eigenvalue weighted by molar-refractivity contribution is 7.80. The van der Waals surface area contributed by atoms with Gasteiger partial charge in [0.25, 0.3) is 5.91 Å². The lowest BCUT2D eigenvalue weighted by molar-refractivity contribution is 0.0978. The molecule has 0 spiro atoms. The molecule has 0 aliphatic rings. The van der Waals surface area contributed by atoms with Crippen LogP contribution in [0.15, 0.2) is 54.6 Å². The number of hydrogen-bond acceptors (Lipinski definition) is 3. The molecule has 4 nitrogen and oxygen atoms in total. The average molecular weight is 285 g/mol. The van der Waals surface area contributed by atoms with E-state index in [1.54, 1.807) is 24.3 Å². The second-order valence-corrected chi connectivity index (χ2v) is 4.58. The van der Waals surface area contributed by atoms with Gasteiger partial charge < -0.3 is 11.1 Å². The molecular formula is C15H15N3OS. The summed E-state index contributed by atoms with van der Waals surface area (Å²) in [5.41, 5.74) is 7.94. The van der Waals surface area contributed by atoms with Crippen LogP contribution in [0.5, 0.6) is 0 Å². The van der Waals surface area contributed by atoms with Crippen LogP contribution in [-0.2, 0) is 6.54 Å². The molecule has 0 radical (unpaired) electrons. The van der Waals surface area contributed by atoms with E-state index < -0.39 is 0 Å². The van der Waals surface area contributed by atoms with Gasteiger partial charge in [0.1, 0.15) is 0 Å². The summed E-state index contributed by atoms with van der Waals surface area (Å²) >= 11 is 5.11. The monoisotopic (exact) mass is 285 g/mol. The molecule has 0 saturated heterocycles. The third-order valence-electron chi connectivity index (χ3n) is 2.71. The quantitative estimate of drug-likeness (QED) is 0.757. The van der Waals surface area contributed by atoms with E-state index in [0.717, 1.165) is 11.3 Å². The maximum Gasteiger partial charge on any atom is 0.257 e. The highest BCUT2D eigenvalue weighted by atomic mass is 32.1. The Balaban J connectivity index is 1.93. The Labute approximate surface area is 123 Å². The SMILES string of the molecule is NCc1ccc(NC(=S)NC(=O)c2ccccc2)cc1. The van der Waals surface area contributed by atoms with Crippen molar-refractivity contribution in [3.63, 3.8) is 0 Å². The largest absolute Gasteiger partial charge is 0.332 e. The number of rotatable bonds is 3. The summed E-state index contributed by atoms with van der Waals surface area (Å²) in [7, 11) is 0. The number of amides is 1. The van der Waals surface area contributed by atoms with E-state index in [-0.39, 0.29) is 11.0 Å². The van der Waals surface area contributed by atoms with Crippen molar-refractivity contribution in [3.8, 4) is 0 Å². The van der Waals surface area contributed by atoms with Gasteiger partial charge in [0.05, 0.1) is 0 Å². The Bertz CT molecular complexity index is 596. The number of nitrogens with one attached hydrogen (secondary N) is 2. The second-order valence-electron chi connectivity index (χ2n) is 4.18. The number of benzene rings is 2. The van der Waals surface area contributed by atoms with Crippen molar-refractivity contribution in [1.29, 1.82) is 0 Å². The van der Waals surface area contributed by atoms with Crippen molar-refractivity contribution in [1.82, 2.24) is 5.32 Å². The Morgan fingerprint density at radius 3 is 2.30 bits per heavy atom. The maximum atomic E-state index is 11.9. The molecule has 0 atom stereocenters. The van der Waals surface area contributed by atoms with Crippen LogP contribution in [-0.4, -0.2) is 11.0 Å². The molecule has 0 saturated carbocycles. The molecular weight excluding hydrogens is 270 g/mol. The van der Waals surface area contributed by atoms with Crippen molar-refractivity contribution < 1.29 is 4.79 Å². The van der Waals surface area contributed by atoms with E-state index in [9.17, 15) is 4.79 Å². The Hall–Kier alpha value is -2.24. The Morgan fingerprint density at radius 2 is 1.70 bits per heavy atom. The fraction of sp³-hybridized carbons (Fsp3) is 0.0667. The van der Waals surface area contributed by atoms with E-state index >= 15 is 0 Å². The van der Waals surface area contributed by atoms with Crippen LogP contribution in [0.25, 0.3) is 0 Å².